The summed E-state index contributed by atoms with van der Waals surface area (Å²) < 4.78 is 0. The van der Waals surface area contributed by atoms with Crippen LogP contribution in [-0.2, 0) is 9.59 Å². The standard InChI is InChI=1S/C15H23NO3/c1-12-5-9-16(10-6-12)13(17)11-15(14(18)19)7-3-2-4-8-15/h5H,2-4,6-11H2,1H3,(H,18,19). The fourth-order valence-corrected chi connectivity index (χ4v) is 3.09. The van der Waals surface area contributed by atoms with Crippen molar-refractivity contribution in [2.75, 3.05) is 13.1 Å². The number of nitrogens with zero attached hydrogens (tertiary/aromatic N) is 1. The molecule has 0 aromatic carbocycles. The highest BCUT2D eigenvalue weighted by Crippen LogP contribution is 2.40. The molecule has 0 atom stereocenters. The van der Waals surface area contributed by atoms with Gasteiger partial charge < -0.3 is 10.0 Å². The average Bonchev–Trinajstić information content (AvgIpc) is 2.40. The molecule has 2 aliphatic rings. The predicted molar refractivity (Wildman–Crippen MR) is 72.7 cm³/mol. The summed E-state index contributed by atoms with van der Waals surface area (Å²) >= 11 is 0. The van der Waals surface area contributed by atoms with Gasteiger partial charge in [0.2, 0.25) is 5.91 Å². The van der Waals surface area contributed by atoms with E-state index in [1.54, 1.807) is 4.90 Å². The molecule has 1 aliphatic heterocycles. The quantitative estimate of drug-likeness (QED) is 0.798. The maximum absolute atomic E-state index is 12.3. The zero-order valence-corrected chi connectivity index (χ0v) is 11.7. The van der Waals surface area contributed by atoms with Gasteiger partial charge in [0, 0.05) is 19.5 Å². The lowest BCUT2D eigenvalue weighted by Crippen LogP contribution is -2.42. The molecule has 106 valence electrons. The fraction of sp³-hybridized carbons (Fsp3) is 0.733. The van der Waals surface area contributed by atoms with Gasteiger partial charge in [0.25, 0.3) is 0 Å². The number of hydrogen-bond acceptors (Lipinski definition) is 2. The second-order valence-electron chi connectivity index (χ2n) is 5.96. The molecular weight excluding hydrogens is 242 g/mol. The normalized spacial score (nSPS) is 22.8. The third kappa shape index (κ3) is 3.17. The van der Waals surface area contributed by atoms with Crippen LogP contribution in [-0.4, -0.2) is 35.0 Å². The summed E-state index contributed by atoms with van der Waals surface area (Å²) in [5.74, 6) is -0.780. The Bertz CT molecular complexity index is 394. The van der Waals surface area contributed by atoms with Gasteiger partial charge in [0.15, 0.2) is 0 Å². The van der Waals surface area contributed by atoms with Crippen molar-refractivity contribution in [2.45, 2.75) is 51.9 Å². The van der Waals surface area contributed by atoms with E-state index in [9.17, 15) is 14.7 Å². The molecule has 1 amide bonds. The Morgan fingerprint density at radius 2 is 2.00 bits per heavy atom. The number of hydrogen-bond donors (Lipinski definition) is 1. The molecule has 4 heteroatoms. The van der Waals surface area contributed by atoms with E-state index in [1.165, 1.54) is 5.57 Å². The van der Waals surface area contributed by atoms with Crippen LogP contribution in [0.25, 0.3) is 0 Å². The van der Waals surface area contributed by atoms with Crippen LogP contribution in [0.15, 0.2) is 11.6 Å². The summed E-state index contributed by atoms with van der Waals surface area (Å²) in [5, 5.41) is 9.50. The van der Waals surface area contributed by atoms with Crippen LogP contribution < -0.4 is 0 Å². The molecule has 1 aliphatic carbocycles. The molecule has 1 N–H and O–H groups in total. The molecular formula is C15H23NO3. The molecule has 4 nitrogen and oxygen atoms in total. The van der Waals surface area contributed by atoms with Crippen molar-refractivity contribution in [3.8, 4) is 0 Å². The van der Waals surface area contributed by atoms with Crippen molar-refractivity contribution in [2.24, 2.45) is 5.41 Å². The van der Waals surface area contributed by atoms with E-state index < -0.39 is 11.4 Å². The third-order valence-corrected chi connectivity index (χ3v) is 4.54. The summed E-state index contributed by atoms with van der Waals surface area (Å²) in [7, 11) is 0. The highest BCUT2D eigenvalue weighted by molar-refractivity contribution is 5.85. The topological polar surface area (TPSA) is 57.6 Å². The summed E-state index contributed by atoms with van der Waals surface area (Å²) in [6.45, 7) is 3.44. The Morgan fingerprint density at radius 1 is 1.32 bits per heavy atom. The molecule has 19 heavy (non-hydrogen) atoms. The van der Waals surface area contributed by atoms with Gasteiger partial charge in [0.1, 0.15) is 0 Å². The highest BCUT2D eigenvalue weighted by Gasteiger charge is 2.42. The first-order valence-corrected chi connectivity index (χ1v) is 7.20. The van der Waals surface area contributed by atoms with Gasteiger partial charge in [-0.3, -0.25) is 9.59 Å². The molecule has 0 bridgehead atoms. The molecule has 0 aromatic rings. The maximum atomic E-state index is 12.3. The first-order chi connectivity index (χ1) is 9.03. The van der Waals surface area contributed by atoms with E-state index in [0.29, 0.717) is 19.4 Å². The number of amides is 1. The SMILES string of the molecule is CC1=CCN(C(=O)CC2(C(=O)O)CCCCC2)CC1. The lowest BCUT2D eigenvalue weighted by Gasteiger charge is -2.35. The number of rotatable bonds is 3. The van der Waals surface area contributed by atoms with Gasteiger partial charge in [-0.25, -0.2) is 0 Å². The number of carbonyl (C=O) groups excluding carboxylic acids is 1. The van der Waals surface area contributed by atoms with Gasteiger partial charge in [-0.2, -0.15) is 0 Å². The van der Waals surface area contributed by atoms with E-state index in [2.05, 4.69) is 13.0 Å². The lowest BCUT2D eigenvalue weighted by atomic mass is 9.71. The minimum absolute atomic E-state index is 0.00745. The Morgan fingerprint density at radius 3 is 2.53 bits per heavy atom. The van der Waals surface area contributed by atoms with Gasteiger partial charge in [0.05, 0.1) is 5.41 Å². The number of aliphatic carboxylic acids is 1. The van der Waals surface area contributed by atoms with E-state index in [1.807, 2.05) is 0 Å². The third-order valence-electron chi connectivity index (χ3n) is 4.54. The molecule has 0 aromatic heterocycles. The van der Waals surface area contributed by atoms with E-state index in [0.717, 1.165) is 32.2 Å². The van der Waals surface area contributed by atoms with Crippen molar-refractivity contribution in [3.63, 3.8) is 0 Å². The van der Waals surface area contributed by atoms with Gasteiger partial charge in [-0.15, -0.1) is 0 Å². The van der Waals surface area contributed by atoms with Crippen molar-refractivity contribution in [1.29, 1.82) is 0 Å². The van der Waals surface area contributed by atoms with Crippen molar-refractivity contribution >= 4 is 11.9 Å². The Balaban J connectivity index is 2.01. The van der Waals surface area contributed by atoms with E-state index in [4.69, 9.17) is 0 Å². The molecule has 2 rings (SSSR count). The van der Waals surface area contributed by atoms with Crippen LogP contribution >= 0.6 is 0 Å². The fourth-order valence-electron chi connectivity index (χ4n) is 3.09. The van der Waals surface area contributed by atoms with Crippen LogP contribution in [0, 0.1) is 5.41 Å². The monoisotopic (exact) mass is 265 g/mol. The summed E-state index contributed by atoms with van der Waals surface area (Å²) in [6.07, 6.45) is 7.40. The Labute approximate surface area is 114 Å². The molecule has 1 heterocycles. The maximum Gasteiger partial charge on any atom is 0.310 e. The summed E-state index contributed by atoms with van der Waals surface area (Å²) in [4.78, 5) is 25.7. The van der Waals surface area contributed by atoms with Crippen LogP contribution in [0.4, 0.5) is 0 Å². The summed E-state index contributed by atoms with van der Waals surface area (Å²) in [5.41, 5.74) is 0.514. The average molecular weight is 265 g/mol. The smallest absolute Gasteiger partial charge is 0.310 e. The first kappa shape index (κ1) is 14.1. The predicted octanol–water partition coefficient (Wildman–Crippen LogP) is 2.59. The Kier molecular flexibility index (Phi) is 4.27. The molecule has 0 radical (unpaired) electrons. The van der Waals surface area contributed by atoms with Crippen LogP contribution in [0.2, 0.25) is 0 Å². The van der Waals surface area contributed by atoms with Crippen molar-refractivity contribution in [1.82, 2.24) is 4.90 Å². The second-order valence-corrected chi connectivity index (χ2v) is 5.96. The highest BCUT2D eigenvalue weighted by atomic mass is 16.4. The lowest BCUT2D eigenvalue weighted by molar-refractivity contribution is -0.156. The number of carbonyl (C=O) groups is 2. The van der Waals surface area contributed by atoms with Gasteiger partial charge >= 0.3 is 5.97 Å². The zero-order chi connectivity index (χ0) is 13.9. The van der Waals surface area contributed by atoms with Crippen molar-refractivity contribution in [3.05, 3.63) is 11.6 Å². The van der Waals surface area contributed by atoms with Crippen LogP contribution in [0.3, 0.4) is 0 Å². The second kappa shape index (κ2) is 5.76. The largest absolute Gasteiger partial charge is 0.481 e. The molecule has 1 fully saturated rings. The minimum Gasteiger partial charge on any atom is -0.481 e. The van der Waals surface area contributed by atoms with Crippen LogP contribution in [0.5, 0.6) is 0 Å². The molecule has 0 unspecified atom stereocenters. The number of carboxylic acids is 1. The Hall–Kier alpha value is -1.32. The zero-order valence-electron chi connectivity index (χ0n) is 11.7. The van der Waals surface area contributed by atoms with Gasteiger partial charge in [-0.05, 0) is 26.2 Å². The molecule has 1 saturated carbocycles. The minimum atomic E-state index is -0.800. The van der Waals surface area contributed by atoms with E-state index >= 15 is 0 Å². The van der Waals surface area contributed by atoms with E-state index in [-0.39, 0.29) is 12.3 Å². The number of carboxylic acid groups (broad SMARTS) is 1. The molecule has 0 saturated heterocycles. The first-order valence-electron chi connectivity index (χ1n) is 7.20. The van der Waals surface area contributed by atoms with Gasteiger partial charge in [-0.1, -0.05) is 30.9 Å². The van der Waals surface area contributed by atoms with Crippen LogP contribution in [0.1, 0.15) is 51.9 Å². The molecule has 0 spiro atoms. The summed E-state index contributed by atoms with van der Waals surface area (Å²) in [6, 6.07) is 0. The van der Waals surface area contributed by atoms with Crippen molar-refractivity contribution < 1.29 is 14.7 Å².